The summed E-state index contributed by atoms with van der Waals surface area (Å²) in [6, 6.07) is 10.9. The van der Waals surface area contributed by atoms with E-state index in [1.54, 1.807) is 24.3 Å². The van der Waals surface area contributed by atoms with Gasteiger partial charge in [-0.05, 0) is 36.4 Å². The van der Waals surface area contributed by atoms with Crippen LogP contribution in [0.15, 0.2) is 58.1 Å². The second-order valence-electron chi connectivity index (χ2n) is 5.83. The molecule has 0 aliphatic carbocycles. The molecule has 4 aromatic rings. The van der Waals surface area contributed by atoms with Gasteiger partial charge in [0.15, 0.2) is 0 Å². The maximum Gasteiger partial charge on any atom is 0.416 e. The lowest BCUT2D eigenvalue weighted by Crippen LogP contribution is -2.35. The molecule has 0 fully saturated rings. The third kappa shape index (κ3) is 2.24. The number of nitrogens with one attached hydrogen (secondary N) is 1. The molecule has 0 aliphatic heterocycles. The number of alkyl halides is 3. The van der Waals surface area contributed by atoms with Crippen molar-refractivity contribution in [2.75, 3.05) is 0 Å². The zero-order valence-corrected chi connectivity index (χ0v) is 13.4. The molecule has 0 saturated carbocycles. The Kier molecular flexibility index (Phi) is 3.30. The van der Waals surface area contributed by atoms with Crippen LogP contribution in [0.4, 0.5) is 13.2 Å². The normalized spacial score (nSPS) is 12.2. The molecule has 0 atom stereocenters. The van der Waals surface area contributed by atoms with Crippen molar-refractivity contribution in [2.45, 2.75) is 6.18 Å². The number of para-hydroxylation sites is 1. The highest BCUT2D eigenvalue weighted by Crippen LogP contribution is 2.29. The minimum Gasteiger partial charge on any atom is -0.250 e. The first-order valence-electron chi connectivity index (χ1n) is 7.61. The zero-order chi connectivity index (χ0) is 18.6. The van der Waals surface area contributed by atoms with Gasteiger partial charge in [0.05, 0.1) is 18.0 Å². The molecule has 4 rings (SSSR count). The summed E-state index contributed by atoms with van der Waals surface area (Å²) in [7, 11) is 1.47. The second-order valence-corrected chi connectivity index (χ2v) is 5.83. The van der Waals surface area contributed by atoms with E-state index in [4.69, 9.17) is 0 Å². The summed E-state index contributed by atoms with van der Waals surface area (Å²) < 4.78 is 41.9. The highest BCUT2D eigenvalue weighted by atomic mass is 19.4. The highest BCUT2D eigenvalue weighted by molar-refractivity contribution is 5.75. The number of hydrogen-bond donors (Lipinski definition) is 1. The van der Waals surface area contributed by atoms with Gasteiger partial charge in [-0.15, -0.1) is 14.4 Å². The standard InChI is InChI=1S/C17H11F3N4O2/c1-22-14-16(26)23(11-8-6-10(7-9-11)17(18,19)20)21-24(14)13-5-3-2-4-12(13)15(22)25/h2-9H,1H3/p+1. The predicted molar refractivity (Wildman–Crippen MR) is 87.3 cm³/mol. The van der Waals surface area contributed by atoms with E-state index in [2.05, 4.69) is 5.21 Å². The molecular weight excluding hydrogens is 349 g/mol. The number of aromatic amines is 1. The van der Waals surface area contributed by atoms with E-state index in [-0.39, 0.29) is 16.9 Å². The van der Waals surface area contributed by atoms with Crippen LogP contribution >= 0.6 is 0 Å². The van der Waals surface area contributed by atoms with E-state index >= 15 is 0 Å². The third-order valence-corrected chi connectivity index (χ3v) is 4.26. The Bertz CT molecular complexity index is 1260. The molecule has 2 heterocycles. The first-order valence-corrected chi connectivity index (χ1v) is 7.61. The molecule has 0 amide bonds. The maximum atomic E-state index is 12.8. The number of benzene rings is 2. The van der Waals surface area contributed by atoms with Crippen LogP contribution in [0, 0.1) is 0 Å². The van der Waals surface area contributed by atoms with Gasteiger partial charge in [-0.25, -0.2) is 9.36 Å². The molecule has 0 aliphatic rings. The lowest BCUT2D eigenvalue weighted by molar-refractivity contribution is -0.559. The van der Waals surface area contributed by atoms with Gasteiger partial charge >= 0.3 is 22.9 Å². The monoisotopic (exact) mass is 361 g/mol. The minimum atomic E-state index is -4.46. The molecule has 6 nitrogen and oxygen atoms in total. The summed E-state index contributed by atoms with van der Waals surface area (Å²) in [5.74, 6) is 0. The number of fused-ring (bicyclic) bond motifs is 3. The van der Waals surface area contributed by atoms with E-state index < -0.39 is 17.3 Å². The van der Waals surface area contributed by atoms with E-state index in [0.29, 0.717) is 10.9 Å². The Morgan fingerprint density at radius 3 is 2.27 bits per heavy atom. The molecule has 1 N–H and O–H groups in total. The van der Waals surface area contributed by atoms with Gasteiger partial charge in [-0.2, -0.15) is 13.2 Å². The van der Waals surface area contributed by atoms with Crippen LogP contribution in [0.2, 0.25) is 0 Å². The number of aromatic nitrogens is 4. The summed E-state index contributed by atoms with van der Waals surface area (Å²) in [4.78, 5) is 25.2. The zero-order valence-electron chi connectivity index (χ0n) is 13.4. The molecular formula is C17H12F3N4O2+. The van der Waals surface area contributed by atoms with Gasteiger partial charge in [0.25, 0.3) is 0 Å². The van der Waals surface area contributed by atoms with Crippen LogP contribution in [0.3, 0.4) is 0 Å². The summed E-state index contributed by atoms with van der Waals surface area (Å²) in [5.41, 5.74) is -0.896. The van der Waals surface area contributed by atoms with Crippen molar-refractivity contribution < 1.29 is 17.7 Å². The van der Waals surface area contributed by atoms with Crippen molar-refractivity contribution in [1.82, 2.24) is 14.5 Å². The van der Waals surface area contributed by atoms with Crippen molar-refractivity contribution in [2.24, 2.45) is 7.05 Å². The average Bonchev–Trinajstić information content (AvgIpc) is 2.97. The molecule has 2 aromatic carbocycles. The Balaban J connectivity index is 2.03. The molecule has 2 aromatic heterocycles. The van der Waals surface area contributed by atoms with Crippen LogP contribution in [-0.4, -0.2) is 14.5 Å². The number of halogens is 3. The average molecular weight is 361 g/mol. The molecule has 132 valence electrons. The Hall–Kier alpha value is -3.36. The van der Waals surface area contributed by atoms with E-state index in [9.17, 15) is 22.8 Å². The maximum absolute atomic E-state index is 12.8. The van der Waals surface area contributed by atoms with Gasteiger partial charge in [-0.1, -0.05) is 12.1 Å². The van der Waals surface area contributed by atoms with Crippen LogP contribution in [0.5, 0.6) is 0 Å². The van der Waals surface area contributed by atoms with Crippen molar-refractivity contribution in [1.29, 1.82) is 0 Å². The molecule has 26 heavy (non-hydrogen) atoms. The number of hydrogen-bond acceptors (Lipinski definition) is 2. The summed E-state index contributed by atoms with van der Waals surface area (Å²) >= 11 is 0. The first kappa shape index (κ1) is 16.1. The summed E-state index contributed by atoms with van der Waals surface area (Å²) in [6.07, 6.45) is -4.46. The third-order valence-electron chi connectivity index (χ3n) is 4.26. The number of nitrogens with zero attached hydrogens (tertiary/aromatic N) is 3. The Morgan fingerprint density at radius 2 is 1.62 bits per heavy atom. The minimum absolute atomic E-state index is 0.0774. The van der Waals surface area contributed by atoms with Gasteiger partial charge in [0.1, 0.15) is 11.2 Å². The highest BCUT2D eigenvalue weighted by Gasteiger charge is 2.30. The van der Waals surface area contributed by atoms with Crippen LogP contribution in [0.25, 0.3) is 22.2 Å². The predicted octanol–water partition coefficient (Wildman–Crippen LogP) is 1.77. The second kappa shape index (κ2) is 5.32. The molecule has 0 bridgehead atoms. The number of H-pyrrole nitrogens is 1. The smallest absolute Gasteiger partial charge is 0.250 e. The largest absolute Gasteiger partial charge is 0.416 e. The Morgan fingerprint density at radius 1 is 0.962 bits per heavy atom. The van der Waals surface area contributed by atoms with Crippen molar-refractivity contribution in [3.63, 3.8) is 0 Å². The van der Waals surface area contributed by atoms with Crippen molar-refractivity contribution in [3.8, 4) is 5.69 Å². The van der Waals surface area contributed by atoms with E-state index in [1.807, 2.05) is 0 Å². The fraction of sp³-hybridized carbons (Fsp3) is 0.118. The molecule has 0 radical (unpaired) electrons. The van der Waals surface area contributed by atoms with Crippen LogP contribution in [-0.2, 0) is 13.2 Å². The van der Waals surface area contributed by atoms with Crippen molar-refractivity contribution >= 4 is 16.6 Å². The summed E-state index contributed by atoms with van der Waals surface area (Å²) in [6.45, 7) is 0. The van der Waals surface area contributed by atoms with Crippen LogP contribution in [0.1, 0.15) is 5.56 Å². The fourth-order valence-electron chi connectivity index (χ4n) is 2.95. The summed E-state index contributed by atoms with van der Waals surface area (Å²) in [5, 5.41) is 3.24. The molecule has 0 spiro atoms. The first-order chi connectivity index (χ1) is 12.3. The van der Waals surface area contributed by atoms with Gasteiger partial charge in [-0.3, -0.25) is 4.79 Å². The lowest BCUT2D eigenvalue weighted by Gasteiger charge is -2.05. The SMILES string of the molecule is Cn1c(=O)c2ccccc2[n+]2[nH]n(-c3ccc(C(F)(F)F)cc3)c(=O)c12. The topological polar surface area (TPSA) is 63.9 Å². The lowest BCUT2D eigenvalue weighted by atomic mass is 10.2. The fourth-order valence-corrected chi connectivity index (χ4v) is 2.95. The number of rotatable bonds is 1. The van der Waals surface area contributed by atoms with Gasteiger partial charge < -0.3 is 0 Å². The van der Waals surface area contributed by atoms with E-state index in [0.717, 1.165) is 16.8 Å². The van der Waals surface area contributed by atoms with Gasteiger partial charge in [0.2, 0.25) is 0 Å². The van der Waals surface area contributed by atoms with Gasteiger partial charge in [0, 0.05) is 0 Å². The van der Waals surface area contributed by atoms with Crippen LogP contribution < -0.4 is 15.6 Å². The molecule has 0 saturated heterocycles. The number of aryl methyl sites for hydroxylation is 1. The quantitative estimate of drug-likeness (QED) is 0.525. The Labute approximate surface area is 143 Å². The molecule has 9 heteroatoms. The van der Waals surface area contributed by atoms with E-state index in [1.165, 1.54) is 28.3 Å². The molecule has 0 unspecified atom stereocenters. The van der Waals surface area contributed by atoms with Crippen molar-refractivity contribution in [3.05, 3.63) is 74.8 Å².